The van der Waals surface area contributed by atoms with Crippen molar-refractivity contribution in [3.63, 3.8) is 0 Å². The zero-order valence-corrected chi connectivity index (χ0v) is 16.9. The highest BCUT2D eigenvalue weighted by molar-refractivity contribution is 9.10. The van der Waals surface area contributed by atoms with Gasteiger partial charge in [-0.25, -0.2) is 4.79 Å². The first-order chi connectivity index (χ1) is 13.5. The topological polar surface area (TPSA) is 84.5 Å². The van der Waals surface area contributed by atoms with Gasteiger partial charge >= 0.3 is 5.97 Å². The summed E-state index contributed by atoms with van der Waals surface area (Å²) in [5.41, 5.74) is 1.43. The summed E-state index contributed by atoms with van der Waals surface area (Å²) in [6.45, 7) is -0.406. The highest BCUT2D eigenvalue weighted by atomic mass is 79.9. The number of hydrogen-bond donors (Lipinski definition) is 2. The molecule has 0 radical (unpaired) electrons. The van der Waals surface area contributed by atoms with Crippen LogP contribution in [0.1, 0.15) is 20.0 Å². The zero-order chi connectivity index (χ0) is 19.9. The van der Waals surface area contributed by atoms with E-state index in [1.165, 1.54) is 23.5 Å². The van der Waals surface area contributed by atoms with Gasteiger partial charge in [-0.3, -0.25) is 9.59 Å². The fraction of sp³-hybridized carbons (Fsp3) is 0.0500. The van der Waals surface area contributed by atoms with Crippen LogP contribution in [-0.4, -0.2) is 24.4 Å². The van der Waals surface area contributed by atoms with Gasteiger partial charge in [-0.05, 0) is 63.8 Å². The van der Waals surface area contributed by atoms with Gasteiger partial charge in [-0.15, -0.1) is 11.3 Å². The molecule has 0 unspecified atom stereocenters. The van der Waals surface area contributed by atoms with E-state index in [2.05, 4.69) is 26.6 Å². The summed E-state index contributed by atoms with van der Waals surface area (Å²) in [6, 6.07) is 16.9. The van der Waals surface area contributed by atoms with E-state index in [1.54, 1.807) is 42.5 Å². The molecule has 0 spiro atoms. The molecule has 0 saturated carbocycles. The average molecular weight is 459 g/mol. The Bertz CT molecular complexity index is 988. The molecule has 3 rings (SSSR count). The van der Waals surface area contributed by atoms with Crippen LogP contribution in [0.5, 0.6) is 0 Å². The first kappa shape index (κ1) is 19.8. The largest absolute Gasteiger partial charge is 0.452 e. The minimum absolute atomic E-state index is 0.214. The molecule has 1 aromatic heterocycles. The molecular weight excluding hydrogens is 444 g/mol. The monoisotopic (exact) mass is 458 g/mol. The summed E-state index contributed by atoms with van der Waals surface area (Å²) in [4.78, 5) is 36.6. The van der Waals surface area contributed by atoms with E-state index in [0.717, 1.165) is 4.47 Å². The number of ether oxygens (including phenoxy) is 1. The summed E-state index contributed by atoms with van der Waals surface area (Å²) in [5, 5.41) is 7.22. The minimum atomic E-state index is -0.626. The first-order valence-electron chi connectivity index (χ1n) is 8.19. The summed E-state index contributed by atoms with van der Waals surface area (Å²) in [7, 11) is 0. The second-order valence-electron chi connectivity index (χ2n) is 5.61. The molecule has 0 aliphatic rings. The molecule has 1 heterocycles. The Kier molecular flexibility index (Phi) is 6.57. The van der Waals surface area contributed by atoms with Crippen molar-refractivity contribution >= 4 is 56.4 Å². The molecule has 0 aliphatic carbocycles. The molecule has 28 heavy (non-hydrogen) atoms. The van der Waals surface area contributed by atoms with Crippen LogP contribution in [0.4, 0.5) is 11.4 Å². The number of para-hydroxylation sites is 1. The van der Waals surface area contributed by atoms with Gasteiger partial charge in [0.1, 0.15) is 0 Å². The third-order valence-electron chi connectivity index (χ3n) is 3.61. The second kappa shape index (κ2) is 9.29. The fourth-order valence-electron chi connectivity index (χ4n) is 2.25. The van der Waals surface area contributed by atoms with Crippen LogP contribution in [0.2, 0.25) is 0 Å². The molecule has 2 amide bonds. The molecule has 0 atom stereocenters. The van der Waals surface area contributed by atoms with Crippen LogP contribution in [0.3, 0.4) is 0 Å². The fourth-order valence-corrected chi connectivity index (χ4v) is 3.26. The number of rotatable bonds is 6. The Morgan fingerprint density at radius 3 is 2.36 bits per heavy atom. The van der Waals surface area contributed by atoms with E-state index in [4.69, 9.17) is 4.74 Å². The maximum Gasteiger partial charge on any atom is 0.338 e. The summed E-state index contributed by atoms with van der Waals surface area (Å²) >= 11 is 4.67. The Morgan fingerprint density at radius 2 is 1.68 bits per heavy atom. The Labute approximate surface area is 173 Å². The number of halogens is 1. The highest BCUT2D eigenvalue weighted by Gasteiger charge is 2.12. The minimum Gasteiger partial charge on any atom is -0.452 e. The molecule has 0 fully saturated rings. The van der Waals surface area contributed by atoms with E-state index in [9.17, 15) is 14.4 Å². The van der Waals surface area contributed by atoms with Crippen molar-refractivity contribution in [1.29, 1.82) is 0 Å². The molecule has 2 aromatic carbocycles. The Balaban J connectivity index is 1.51. The van der Waals surface area contributed by atoms with Crippen LogP contribution in [0.15, 0.2) is 70.5 Å². The summed E-state index contributed by atoms with van der Waals surface area (Å²) < 4.78 is 5.76. The van der Waals surface area contributed by atoms with Gasteiger partial charge in [-0.1, -0.05) is 18.2 Å². The third-order valence-corrected chi connectivity index (χ3v) is 5.17. The summed E-state index contributed by atoms with van der Waals surface area (Å²) in [5.74, 6) is -1.28. The van der Waals surface area contributed by atoms with Crippen LogP contribution < -0.4 is 10.6 Å². The normalized spacial score (nSPS) is 10.2. The number of thiophene rings is 1. The predicted octanol–water partition coefficient (Wildman–Crippen LogP) is 4.56. The number of benzene rings is 2. The smallest absolute Gasteiger partial charge is 0.338 e. The quantitative estimate of drug-likeness (QED) is 0.530. The van der Waals surface area contributed by atoms with Crippen molar-refractivity contribution in [2.45, 2.75) is 0 Å². The van der Waals surface area contributed by atoms with Gasteiger partial charge in [0, 0.05) is 10.2 Å². The molecule has 6 nitrogen and oxygen atoms in total. The lowest BCUT2D eigenvalue weighted by molar-refractivity contribution is -0.119. The van der Waals surface area contributed by atoms with Crippen molar-refractivity contribution in [1.82, 2.24) is 0 Å². The number of nitrogens with one attached hydrogen (secondary N) is 2. The van der Waals surface area contributed by atoms with Gasteiger partial charge in [0.2, 0.25) is 0 Å². The number of amides is 2. The first-order valence-corrected chi connectivity index (χ1v) is 9.86. The van der Waals surface area contributed by atoms with Crippen molar-refractivity contribution in [2.75, 3.05) is 17.2 Å². The van der Waals surface area contributed by atoms with E-state index in [-0.39, 0.29) is 11.5 Å². The van der Waals surface area contributed by atoms with Gasteiger partial charge in [-0.2, -0.15) is 0 Å². The third kappa shape index (κ3) is 5.28. The molecule has 3 aromatic rings. The number of carbonyl (C=O) groups excluding carboxylic acids is 3. The predicted molar refractivity (Wildman–Crippen MR) is 112 cm³/mol. The van der Waals surface area contributed by atoms with E-state index in [0.29, 0.717) is 16.3 Å². The Morgan fingerprint density at radius 1 is 0.929 bits per heavy atom. The van der Waals surface area contributed by atoms with Crippen molar-refractivity contribution in [3.8, 4) is 0 Å². The van der Waals surface area contributed by atoms with E-state index < -0.39 is 18.5 Å². The molecule has 8 heteroatoms. The van der Waals surface area contributed by atoms with Gasteiger partial charge in [0.25, 0.3) is 11.8 Å². The van der Waals surface area contributed by atoms with Crippen molar-refractivity contribution in [2.24, 2.45) is 0 Å². The zero-order valence-electron chi connectivity index (χ0n) is 14.5. The van der Waals surface area contributed by atoms with Crippen molar-refractivity contribution in [3.05, 3.63) is 81.0 Å². The van der Waals surface area contributed by atoms with Crippen LogP contribution in [-0.2, 0) is 9.53 Å². The van der Waals surface area contributed by atoms with Crippen LogP contribution >= 0.6 is 27.3 Å². The average Bonchev–Trinajstić information content (AvgIpc) is 3.23. The lowest BCUT2D eigenvalue weighted by Gasteiger charge is -2.08. The number of anilines is 2. The number of hydrogen-bond acceptors (Lipinski definition) is 5. The maximum absolute atomic E-state index is 12.1. The molecule has 0 bridgehead atoms. The molecular formula is C20H15BrN2O4S. The van der Waals surface area contributed by atoms with E-state index >= 15 is 0 Å². The Hall–Kier alpha value is -2.97. The van der Waals surface area contributed by atoms with Crippen molar-refractivity contribution < 1.29 is 19.1 Å². The molecule has 2 N–H and O–H groups in total. The van der Waals surface area contributed by atoms with Gasteiger partial charge in [0.05, 0.1) is 16.1 Å². The van der Waals surface area contributed by atoms with Gasteiger partial charge in [0.15, 0.2) is 6.61 Å². The van der Waals surface area contributed by atoms with E-state index in [1.807, 2.05) is 11.4 Å². The van der Waals surface area contributed by atoms with Gasteiger partial charge < -0.3 is 15.4 Å². The lowest BCUT2D eigenvalue weighted by Crippen LogP contribution is -2.21. The number of esters is 1. The number of carbonyl (C=O) groups is 3. The second-order valence-corrected chi connectivity index (χ2v) is 7.41. The molecule has 0 aliphatic heterocycles. The maximum atomic E-state index is 12.1. The standard InChI is InChI=1S/C20H15BrN2O4S/c21-15-4-1-2-5-16(15)23-18(24)12-27-20(26)13-7-9-14(10-8-13)22-19(25)17-6-3-11-28-17/h1-11H,12H2,(H,22,25)(H,23,24). The highest BCUT2D eigenvalue weighted by Crippen LogP contribution is 2.21. The lowest BCUT2D eigenvalue weighted by atomic mass is 10.2. The molecule has 142 valence electrons. The van der Waals surface area contributed by atoms with Crippen LogP contribution in [0, 0.1) is 0 Å². The van der Waals surface area contributed by atoms with Crippen LogP contribution in [0.25, 0.3) is 0 Å². The summed E-state index contributed by atoms with van der Waals surface area (Å²) in [6.07, 6.45) is 0. The molecule has 0 saturated heterocycles. The SMILES string of the molecule is O=C(COC(=O)c1ccc(NC(=O)c2cccs2)cc1)Nc1ccccc1Br.